The third-order valence-electron chi connectivity index (χ3n) is 4.02. The van der Waals surface area contributed by atoms with Gasteiger partial charge in [-0.05, 0) is 38.9 Å². The molecule has 15 heavy (non-hydrogen) atoms. The van der Waals surface area contributed by atoms with Crippen molar-refractivity contribution in [3.63, 3.8) is 0 Å². The minimum Gasteiger partial charge on any atom is -0.308 e. The first-order valence-electron chi connectivity index (χ1n) is 6.14. The predicted molar refractivity (Wildman–Crippen MR) is 68.5 cm³/mol. The molecule has 1 aliphatic heterocycles. The third-order valence-corrected chi connectivity index (χ3v) is 4.61. The zero-order chi connectivity index (χ0) is 10.9. The van der Waals surface area contributed by atoms with Crippen molar-refractivity contribution >= 4 is 11.8 Å². The van der Waals surface area contributed by atoms with Crippen LogP contribution in [0.1, 0.15) is 26.7 Å². The Hall–Kier alpha value is 0.270. The SMILES string of the molecule is CSCCN1CC(C)(C2CC2)NCC1C. The summed E-state index contributed by atoms with van der Waals surface area (Å²) in [7, 11) is 0. The molecule has 1 heterocycles. The number of hydrogen-bond acceptors (Lipinski definition) is 3. The van der Waals surface area contributed by atoms with E-state index < -0.39 is 0 Å². The van der Waals surface area contributed by atoms with E-state index >= 15 is 0 Å². The summed E-state index contributed by atoms with van der Waals surface area (Å²) in [6.45, 7) is 8.44. The van der Waals surface area contributed by atoms with Gasteiger partial charge in [-0.15, -0.1) is 0 Å². The Morgan fingerprint density at radius 1 is 1.47 bits per heavy atom. The van der Waals surface area contributed by atoms with Crippen LogP contribution in [0.15, 0.2) is 0 Å². The van der Waals surface area contributed by atoms with Crippen LogP contribution < -0.4 is 5.32 Å². The summed E-state index contributed by atoms with van der Waals surface area (Å²) in [5, 5.41) is 3.77. The zero-order valence-electron chi connectivity index (χ0n) is 10.3. The van der Waals surface area contributed by atoms with Crippen LogP contribution in [0.2, 0.25) is 0 Å². The van der Waals surface area contributed by atoms with Gasteiger partial charge in [-0.3, -0.25) is 4.90 Å². The second-order valence-electron chi connectivity index (χ2n) is 5.38. The minimum atomic E-state index is 0.408. The van der Waals surface area contributed by atoms with Crippen LogP contribution in [0, 0.1) is 5.92 Å². The Kier molecular flexibility index (Phi) is 3.63. The summed E-state index contributed by atoms with van der Waals surface area (Å²) in [4.78, 5) is 2.67. The molecule has 0 bridgehead atoms. The highest BCUT2D eigenvalue weighted by Crippen LogP contribution is 2.41. The lowest BCUT2D eigenvalue weighted by atomic mass is 9.91. The van der Waals surface area contributed by atoms with Gasteiger partial charge in [0.15, 0.2) is 0 Å². The maximum Gasteiger partial charge on any atom is 0.0309 e. The topological polar surface area (TPSA) is 15.3 Å². The number of thioether (sulfide) groups is 1. The van der Waals surface area contributed by atoms with Gasteiger partial charge in [0, 0.05) is 37.0 Å². The van der Waals surface area contributed by atoms with Gasteiger partial charge in [-0.2, -0.15) is 11.8 Å². The molecular weight excluding hydrogens is 204 g/mol. The van der Waals surface area contributed by atoms with Crippen molar-refractivity contribution in [2.24, 2.45) is 5.92 Å². The van der Waals surface area contributed by atoms with E-state index in [0.29, 0.717) is 11.6 Å². The Balaban J connectivity index is 1.91. The van der Waals surface area contributed by atoms with E-state index in [1.165, 1.54) is 38.2 Å². The molecule has 2 fully saturated rings. The van der Waals surface area contributed by atoms with Gasteiger partial charge in [-0.1, -0.05) is 0 Å². The molecule has 1 saturated heterocycles. The average Bonchev–Trinajstić information content (AvgIpc) is 3.03. The van der Waals surface area contributed by atoms with Crippen molar-refractivity contribution < 1.29 is 0 Å². The highest BCUT2D eigenvalue weighted by atomic mass is 32.2. The van der Waals surface area contributed by atoms with Gasteiger partial charge in [0.1, 0.15) is 0 Å². The first-order chi connectivity index (χ1) is 7.15. The Bertz CT molecular complexity index is 218. The van der Waals surface area contributed by atoms with Crippen molar-refractivity contribution in [2.75, 3.05) is 31.6 Å². The van der Waals surface area contributed by atoms with Crippen LogP contribution in [-0.2, 0) is 0 Å². The van der Waals surface area contributed by atoms with E-state index in [0.717, 1.165) is 5.92 Å². The lowest BCUT2D eigenvalue weighted by molar-refractivity contribution is 0.0894. The first kappa shape index (κ1) is 11.7. The van der Waals surface area contributed by atoms with Crippen LogP contribution in [0.4, 0.5) is 0 Å². The third kappa shape index (κ3) is 2.69. The number of piperazine rings is 1. The van der Waals surface area contributed by atoms with Crippen LogP contribution >= 0.6 is 11.8 Å². The lowest BCUT2D eigenvalue weighted by Crippen LogP contribution is -2.63. The summed E-state index contributed by atoms with van der Waals surface area (Å²) < 4.78 is 0. The first-order valence-corrected chi connectivity index (χ1v) is 7.53. The van der Waals surface area contributed by atoms with E-state index in [1.54, 1.807) is 0 Å². The van der Waals surface area contributed by atoms with E-state index in [2.05, 4.69) is 30.3 Å². The second-order valence-corrected chi connectivity index (χ2v) is 6.37. The van der Waals surface area contributed by atoms with Gasteiger partial charge in [0.2, 0.25) is 0 Å². The van der Waals surface area contributed by atoms with Crippen molar-refractivity contribution in [3.8, 4) is 0 Å². The molecule has 3 heteroatoms. The Labute approximate surface area is 98.2 Å². The minimum absolute atomic E-state index is 0.408. The Morgan fingerprint density at radius 2 is 2.20 bits per heavy atom. The zero-order valence-corrected chi connectivity index (χ0v) is 11.1. The lowest BCUT2D eigenvalue weighted by Gasteiger charge is -2.45. The summed E-state index contributed by atoms with van der Waals surface area (Å²) in [5.41, 5.74) is 0.408. The van der Waals surface area contributed by atoms with Crippen LogP contribution in [0.5, 0.6) is 0 Å². The summed E-state index contributed by atoms with van der Waals surface area (Å²) in [6.07, 6.45) is 5.08. The van der Waals surface area contributed by atoms with Gasteiger partial charge in [0.25, 0.3) is 0 Å². The van der Waals surface area contributed by atoms with Gasteiger partial charge >= 0.3 is 0 Å². The molecule has 2 nitrogen and oxygen atoms in total. The van der Waals surface area contributed by atoms with Crippen LogP contribution in [0.25, 0.3) is 0 Å². The summed E-state index contributed by atoms with van der Waals surface area (Å²) >= 11 is 1.96. The van der Waals surface area contributed by atoms with E-state index in [4.69, 9.17) is 0 Å². The fourth-order valence-electron chi connectivity index (χ4n) is 2.65. The van der Waals surface area contributed by atoms with E-state index in [-0.39, 0.29) is 0 Å². The fraction of sp³-hybridized carbons (Fsp3) is 1.00. The number of nitrogens with one attached hydrogen (secondary N) is 1. The van der Waals surface area contributed by atoms with E-state index in [1.807, 2.05) is 11.8 Å². The number of nitrogens with zero attached hydrogens (tertiary/aromatic N) is 1. The largest absolute Gasteiger partial charge is 0.308 e. The molecule has 88 valence electrons. The van der Waals surface area contributed by atoms with Crippen molar-refractivity contribution in [1.29, 1.82) is 0 Å². The molecule has 0 spiro atoms. The van der Waals surface area contributed by atoms with Crippen LogP contribution in [-0.4, -0.2) is 48.1 Å². The number of rotatable bonds is 4. The average molecular weight is 228 g/mol. The summed E-state index contributed by atoms with van der Waals surface area (Å²) in [6, 6.07) is 0.712. The molecule has 0 aromatic heterocycles. The van der Waals surface area contributed by atoms with Gasteiger partial charge < -0.3 is 5.32 Å². The van der Waals surface area contributed by atoms with Crippen LogP contribution in [0.3, 0.4) is 0 Å². The molecule has 2 aliphatic rings. The Morgan fingerprint density at radius 3 is 2.80 bits per heavy atom. The molecule has 1 aliphatic carbocycles. The molecule has 2 rings (SSSR count). The maximum absolute atomic E-state index is 3.77. The molecule has 0 radical (unpaired) electrons. The molecule has 0 aromatic rings. The quantitative estimate of drug-likeness (QED) is 0.790. The molecule has 1 saturated carbocycles. The molecule has 0 aromatic carbocycles. The molecule has 2 unspecified atom stereocenters. The highest BCUT2D eigenvalue weighted by molar-refractivity contribution is 7.98. The van der Waals surface area contributed by atoms with Crippen molar-refractivity contribution in [3.05, 3.63) is 0 Å². The molecule has 0 amide bonds. The van der Waals surface area contributed by atoms with Gasteiger partial charge in [0.05, 0.1) is 0 Å². The summed E-state index contributed by atoms with van der Waals surface area (Å²) in [5.74, 6) is 2.22. The van der Waals surface area contributed by atoms with Crippen molar-refractivity contribution in [2.45, 2.75) is 38.3 Å². The number of hydrogen-bond donors (Lipinski definition) is 1. The van der Waals surface area contributed by atoms with Crippen molar-refractivity contribution in [1.82, 2.24) is 10.2 Å². The standard InChI is InChI=1S/C12H24N2S/c1-10-8-13-12(2,11-4-5-11)9-14(10)6-7-15-3/h10-11,13H,4-9H2,1-3H3. The normalized spacial score (nSPS) is 38.2. The predicted octanol–water partition coefficient (Wildman–Crippen LogP) is 1.81. The fourth-order valence-corrected chi connectivity index (χ4v) is 3.06. The molecular formula is C12H24N2S. The molecule has 1 N–H and O–H groups in total. The van der Waals surface area contributed by atoms with Gasteiger partial charge in [-0.25, -0.2) is 0 Å². The second kappa shape index (κ2) is 4.64. The highest BCUT2D eigenvalue weighted by Gasteiger charge is 2.44. The van der Waals surface area contributed by atoms with E-state index in [9.17, 15) is 0 Å². The monoisotopic (exact) mass is 228 g/mol. The smallest absolute Gasteiger partial charge is 0.0309 e. The maximum atomic E-state index is 3.77. The molecule has 2 atom stereocenters.